The number of aromatic amines is 2. The minimum Gasteiger partial charge on any atom is -0.465 e. The lowest BCUT2D eigenvalue weighted by Gasteiger charge is -2.05. The van der Waals surface area contributed by atoms with Crippen LogP contribution < -0.4 is 0 Å². The van der Waals surface area contributed by atoms with Crippen LogP contribution in [0.15, 0.2) is 35.9 Å². The van der Waals surface area contributed by atoms with Gasteiger partial charge in [-0.25, -0.2) is 9.59 Å². The first-order valence-electron chi connectivity index (χ1n) is 11.7. The third-order valence-electron chi connectivity index (χ3n) is 6.27. The van der Waals surface area contributed by atoms with Crippen molar-refractivity contribution in [3.63, 3.8) is 0 Å². The van der Waals surface area contributed by atoms with Crippen molar-refractivity contribution in [2.45, 2.75) is 53.6 Å². The third-order valence-corrected chi connectivity index (χ3v) is 6.27. The van der Waals surface area contributed by atoms with Gasteiger partial charge in [-0.3, -0.25) is 0 Å². The number of ether oxygens (including phenoxy) is 2. The van der Waals surface area contributed by atoms with Gasteiger partial charge >= 0.3 is 11.9 Å². The Morgan fingerprint density at radius 2 is 1.63 bits per heavy atom. The summed E-state index contributed by atoms with van der Waals surface area (Å²) in [7, 11) is 1.25. The van der Waals surface area contributed by atoms with Crippen LogP contribution in [0.25, 0.3) is 6.08 Å². The van der Waals surface area contributed by atoms with E-state index in [0.29, 0.717) is 17.8 Å². The van der Waals surface area contributed by atoms with Crippen LogP contribution in [0.1, 0.15) is 69.2 Å². The van der Waals surface area contributed by atoms with Crippen LogP contribution in [0.4, 0.5) is 0 Å². The molecule has 0 atom stereocenters. The summed E-state index contributed by atoms with van der Waals surface area (Å²) in [5.74, 6) is -1.06. The number of nitrogens with zero attached hydrogens (tertiary/aromatic N) is 1. The Hall–Kier alpha value is -4.05. The molecule has 35 heavy (non-hydrogen) atoms. The first-order valence-corrected chi connectivity index (χ1v) is 11.7. The zero-order chi connectivity index (χ0) is 25.5. The van der Waals surface area contributed by atoms with Crippen LogP contribution in [0, 0.1) is 25.2 Å². The number of hydrogen-bond donors (Lipinski definition) is 2. The van der Waals surface area contributed by atoms with Crippen molar-refractivity contribution in [3.8, 4) is 6.07 Å². The van der Waals surface area contributed by atoms with Gasteiger partial charge in [-0.05, 0) is 60.6 Å². The maximum atomic E-state index is 12.9. The number of nitrogens with one attached hydrogen (secondary N) is 2. The molecule has 0 fully saturated rings. The Morgan fingerprint density at radius 1 is 1.00 bits per heavy atom. The van der Waals surface area contributed by atoms with Crippen molar-refractivity contribution in [1.29, 1.82) is 5.26 Å². The van der Waals surface area contributed by atoms with E-state index in [9.17, 15) is 14.9 Å². The molecule has 2 N–H and O–H groups in total. The van der Waals surface area contributed by atoms with Gasteiger partial charge in [-0.2, -0.15) is 5.26 Å². The monoisotopic (exact) mass is 473 g/mol. The molecule has 3 aromatic rings. The number of benzene rings is 1. The van der Waals surface area contributed by atoms with E-state index in [4.69, 9.17) is 9.47 Å². The lowest BCUT2D eigenvalue weighted by molar-refractivity contribution is -0.135. The molecule has 0 bridgehead atoms. The summed E-state index contributed by atoms with van der Waals surface area (Å²) in [6.45, 7) is 8.23. The summed E-state index contributed by atoms with van der Waals surface area (Å²) in [5, 5.41) is 9.34. The zero-order valence-electron chi connectivity index (χ0n) is 20.9. The molecule has 0 unspecified atom stereocenters. The average molecular weight is 474 g/mol. The summed E-state index contributed by atoms with van der Waals surface area (Å²) >= 11 is 0. The van der Waals surface area contributed by atoms with E-state index in [2.05, 4.69) is 23.8 Å². The second-order valence-electron chi connectivity index (χ2n) is 8.31. The molecular formula is C28H31N3O4. The molecule has 0 radical (unpaired) electrons. The van der Waals surface area contributed by atoms with Crippen LogP contribution in [-0.2, 0) is 40.1 Å². The normalized spacial score (nSPS) is 11.3. The Kier molecular flexibility index (Phi) is 8.32. The molecule has 1 aromatic carbocycles. The van der Waals surface area contributed by atoms with Crippen molar-refractivity contribution in [3.05, 3.63) is 86.5 Å². The van der Waals surface area contributed by atoms with Crippen LogP contribution in [0.2, 0.25) is 0 Å². The van der Waals surface area contributed by atoms with Crippen molar-refractivity contribution >= 4 is 18.0 Å². The predicted molar refractivity (Wildman–Crippen MR) is 134 cm³/mol. The molecule has 0 saturated carbocycles. The second-order valence-corrected chi connectivity index (χ2v) is 8.31. The van der Waals surface area contributed by atoms with Crippen LogP contribution in [0.3, 0.4) is 0 Å². The number of H-pyrrole nitrogens is 2. The average Bonchev–Trinajstić information content (AvgIpc) is 3.35. The standard InChI is InChI=1S/C28H31N3O4/c1-6-21-17(3)23(13-20(15-29)27(32)34-5)30-24(21)14-25-22(7-2)18(4)26(31-25)28(33)35-16-19-11-9-8-10-12-19/h8-13,30-31H,6-7,14,16H2,1-5H3. The summed E-state index contributed by atoms with van der Waals surface area (Å²) < 4.78 is 10.3. The highest BCUT2D eigenvalue weighted by molar-refractivity contribution is 5.97. The highest BCUT2D eigenvalue weighted by Crippen LogP contribution is 2.27. The van der Waals surface area contributed by atoms with Crippen LogP contribution >= 0.6 is 0 Å². The van der Waals surface area contributed by atoms with Crippen molar-refractivity contribution in [2.75, 3.05) is 7.11 Å². The van der Waals surface area contributed by atoms with Crippen molar-refractivity contribution in [2.24, 2.45) is 0 Å². The number of nitriles is 1. The number of hydrogen-bond acceptors (Lipinski definition) is 5. The molecule has 7 nitrogen and oxygen atoms in total. The van der Waals surface area contributed by atoms with E-state index in [1.807, 2.05) is 50.2 Å². The van der Waals surface area contributed by atoms with Gasteiger partial charge in [0.15, 0.2) is 0 Å². The van der Waals surface area contributed by atoms with Crippen molar-refractivity contribution < 1.29 is 19.1 Å². The van der Waals surface area contributed by atoms with Gasteiger partial charge in [-0.15, -0.1) is 0 Å². The SMILES string of the molecule is CCc1c(Cc2[nH]c(C(=O)OCc3ccccc3)c(C)c2CC)[nH]c(C=C(C#N)C(=O)OC)c1C. The Labute approximate surface area is 205 Å². The predicted octanol–water partition coefficient (Wildman–Crippen LogP) is 5.11. The molecule has 2 heterocycles. The van der Waals surface area contributed by atoms with Crippen LogP contribution in [0.5, 0.6) is 0 Å². The fourth-order valence-electron chi connectivity index (χ4n) is 4.39. The Morgan fingerprint density at radius 3 is 2.23 bits per heavy atom. The second kappa shape index (κ2) is 11.4. The van der Waals surface area contributed by atoms with Gasteiger partial charge in [0.1, 0.15) is 23.9 Å². The molecule has 2 aromatic heterocycles. The summed E-state index contributed by atoms with van der Waals surface area (Å²) in [5.41, 5.74) is 7.99. The topological polar surface area (TPSA) is 108 Å². The summed E-state index contributed by atoms with van der Waals surface area (Å²) in [6, 6.07) is 11.5. The fraction of sp³-hybridized carbons (Fsp3) is 0.321. The molecule has 0 aliphatic rings. The number of rotatable bonds is 9. The third kappa shape index (κ3) is 5.55. The summed E-state index contributed by atoms with van der Waals surface area (Å²) in [6.07, 6.45) is 3.61. The maximum Gasteiger partial charge on any atom is 0.355 e. The van der Waals surface area contributed by atoms with Gasteiger partial charge in [0.05, 0.1) is 7.11 Å². The largest absolute Gasteiger partial charge is 0.465 e. The van der Waals surface area contributed by atoms with E-state index in [-0.39, 0.29) is 18.1 Å². The van der Waals surface area contributed by atoms with E-state index < -0.39 is 5.97 Å². The number of methoxy groups -OCH3 is 1. The van der Waals surface area contributed by atoms with Gasteiger partial charge in [0.2, 0.25) is 0 Å². The van der Waals surface area contributed by atoms with Crippen LogP contribution in [-0.4, -0.2) is 29.0 Å². The van der Waals surface area contributed by atoms with Gasteiger partial charge < -0.3 is 19.4 Å². The molecule has 0 spiro atoms. The first-order chi connectivity index (χ1) is 16.8. The van der Waals surface area contributed by atoms with E-state index in [1.54, 1.807) is 0 Å². The van der Waals surface area contributed by atoms with Gasteiger partial charge in [-0.1, -0.05) is 44.2 Å². The lowest BCUT2D eigenvalue weighted by atomic mass is 10.0. The number of carbonyl (C=O) groups is 2. The molecule has 7 heteroatoms. The van der Waals surface area contributed by atoms with Gasteiger partial charge in [0, 0.05) is 23.5 Å². The minimum absolute atomic E-state index is 0.0699. The Balaban J connectivity index is 1.91. The Bertz CT molecular complexity index is 1290. The van der Waals surface area contributed by atoms with E-state index in [0.717, 1.165) is 52.0 Å². The number of carbonyl (C=O) groups excluding carboxylic acids is 2. The number of esters is 2. The molecule has 0 aliphatic carbocycles. The maximum absolute atomic E-state index is 12.9. The molecular weight excluding hydrogens is 442 g/mol. The van der Waals surface area contributed by atoms with E-state index >= 15 is 0 Å². The number of aromatic nitrogens is 2. The first kappa shape index (κ1) is 25.6. The highest BCUT2D eigenvalue weighted by Gasteiger charge is 2.22. The quantitative estimate of drug-likeness (QED) is 0.255. The van der Waals surface area contributed by atoms with Crippen molar-refractivity contribution in [1.82, 2.24) is 9.97 Å². The zero-order valence-corrected chi connectivity index (χ0v) is 20.9. The van der Waals surface area contributed by atoms with E-state index in [1.165, 1.54) is 13.2 Å². The minimum atomic E-state index is -0.673. The molecule has 0 saturated heterocycles. The lowest BCUT2D eigenvalue weighted by Crippen LogP contribution is -2.07. The smallest absolute Gasteiger partial charge is 0.355 e. The highest BCUT2D eigenvalue weighted by atomic mass is 16.5. The molecule has 0 amide bonds. The summed E-state index contributed by atoms with van der Waals surface area (Å²) in [4.78, 5) is 31.4. The van der Waals surface area contributed by atoms with Gasteiger partial charge in [0.25, 0.3) is 0 Å². The molecule has 182 valence electrons. The molecule has 0 aliphatic heterocycles. The molecule has 3 rings (SSSR count). The fourth-order valence-corrected chi connectivity index (χ4v) is 4.39.